The van der Waals surface area contributed by atoms with E-state index in [1.165, 1.54) is 0 Å². The van der Waals surface area contributed by atoms with Crippen molar-refractivity contribution in [2.45, 2.75) is 0 Å². The van der Waals surface area contributed by atoms with Gasteiger partial charge in [-0.25, -0.2) is 0 Å². The maximum atomic E-state index is 0. The molecule has 10 heteroatoms. The summed E-state index contributed by atoms with van der Waals surface area (Å²) in [5, 5.41) is 0. The standard InChI is InChI=1S/H3N.9Na.9H/h1H3;;;;;;;;;;;;;;;;;;/q;9*+1;9*-1. The summed E-state index contributed by atoms with van der Waals surface area (Å²) in [6.45, 7) is 0. The second-order valence-electron chi connectivity index (χ2n) is 0. The minimum Gasteiger partial charge on any atom is -1.00 e. The third kappa shape index (κ3) is 53.8. The first kappa shape index (κ1) is 76.2. The second-order valence-corrected chi connectivity index (χ2v) is 0. The van der Waals surface area contributed by atoms with Crippen LogP contribution >= 0.6 is 0 Å². The van der Waals surface area contributed by atoms with Gasteiger partial charge in [0.05, 0.1) is 0 Å². The molecule has 0 aromatic rings. The Morgan fingerprint density at radius 1 is 0.300 bits per heavy atom. The zero-order chi connectivity index (χ0) is 0. The molecule has 0 saturated heterocycles. The summed E-state index contributed by atoms with van der Waals surface area (Å²) < 4.78 is 0. The van der Waals surface area contributed by atoms with Crippen molar-refractivity contribution in [1.82, 2.24) is 6.15 Å². The van der Waals surface area contributed by atoms with Crippen LogP contribution in [0.3, 0.4) is 0 Å². The molecule has 0 aromatic carbocycles. The van der Waals surface area contributed by atoms with Gasteiger partial charge in [0.2, 0.25) is 0 Å². The summed E-state index contributed by atoms with van der Waals surface area (Å²) in [6.07, 6.45) is 0. The summed E-state index contributed by atoms with van der Waals surface area (Å²) in [4.78, 5) is 0. The summed E-state index contributed by atoms with van der Waals surface area (Å²) >= 11 is 0. The van der Waals surface area contributed by atoms with E-state index in [9.17, 15) is 0 Å². The van der Waals surface area contributed by atoms with Crippen LogP contribution < -0.4 is 272 Å². The van der Waals surface area contributed by atoms with Gasteiger partial charge in [-0.3, -0.25) is 0 Å². The van der Waals surface area contributed by atoms with Crippen molar-refractivity contribution in [3.8, 4) is 0 Å². The van der Waals surface area contributed by atoms with E-state index in [1.54, 1.807) is 0 Å². The van der Waals surface area contributed by atoms with Gasteiger partial charge in [-0.15, -0.1) is 0 Å². The molecular formula is H12NNa9. The van der Waals surface area contributed by atoms with Gasteiger partial charge in [0.1, 0.15) is 0 Å². The molecule has 0 aliphatic carbocycles. The van der Waals surface area contributed by atoms with Crippen LogP contribution in [-0.2, 0) is 0 Å². The van der Waals surface area contributed by atoms with Crippen LogP contribution in [0.2, 0.25) is 0 Å². The molecule has 26 valence electrons. The SMILES string of the molecule is N.[H-].[H-].[H-].[H-].[H-].[H-].[H-].[H-].[H-].[Na+].[Na+].[Na+].[Na+].[Na+].[Na+].[Na+].[Na+].[Na+]. The van der Waals surface area contributed by atoms with Crippen LogP contribution in [0.1, 0.15) is 12.8 Å². The molecule has 10 heavy (non-hydrogen) atoms. The third-order valence-electron chi connectivity index (χ3n) is 0. The third-order valence-corrected chi connectivity index (χ3v) is 0. The van der Waals surface area contributed by atoms with Gasteiger partial charge in [0, 0.05) is 0 Å². The maximum Gasteiger partial charge on any atom is 1.00 e. The maximum absolute atomic E-state index is 0. The van der Waals surface area contributed by atoms with E-state index < -0.39 is 0 Å². The van der Waals surface area contributed by atoms with E-state index in [0.717, 1.165) is 0 Å². The van der Waals surface area contributed by atoms with Crippen molar-refractivity contribution >= 4 is 0 Å². The van der Waals surface area contributed by atoms with Crippen molar-refractivity contribution in [3.05, 3.63) is 0 Å². The minimum atomic E-state index is 0. The molecule has 0 fully saturated rings. The van der Waals surface area contributed by atoms with Crippen LogP contribution in [0.15, 0.2) is 0 Å². The van der Waals surface area contributed by atoms with E-state index in [1.807, 2.05) is 0 Å². The fourth-order valence-electron chi connectivity index (χ4n) is 0. The summed E-state index contributed by atoms with van der Waals surface area (Å²) in [7, 11) is 0. The molecule has 0 radical (unpaired) electrons. The Labute approximate surface area is 277 Å². The van der Waals surface area contributed by atoms with Crippen LogP contribution in [0.4, 0.5) is 0 Å². The van der Waals surface area contributed by atoms with Gasteiger partial charge in [-0.05, 0) is 0 Å². The normalized spacial score (nSPS) is 0. The van der Waals surface area contributed by atoms with Crippen LogP contribution in [0.5, 0.6) is 0 Å². The Bertz CT molecular complexity index is 23.7. The van der Waals surface area contributed by atoms with E-state index in [4.69, 9.17) is 0 Å². The van der Waals surface area contributed by atoms with Gasteiger partial charge in [0.15, 0.2) is 0 Å². The first-order valence-electron chi connectivity index (χ1n) is 0. The molecule has 0 bridgehead atoms. The molecule has 0 heterocycles. The topological polar surface area (TPSA) is 35.0 Å². The van der Waals surface area contributed by atoms with Gasteiger partial charge in [-0.1, -0.05) is 0 Å². The molecule has 0 amide bonds. The van der Waals surface area contributed by atoms with Gasteiger partial charge >= 0.3 is 266 Å². The molecule has 0 aliphatic rings. The van der Waals surface area contributed by atoms with Crippen molar-refractivity contribution in [1.29, 1.82) is 0 Å². The van der Waals surface area contributed by atoms with Crippen molar-refractivity contribution < 1.29 is 279 Å². The zero-order valence-electron chi connectivity index (χ0n) is 18.7. The molecule has 0 aliphatic heterocycles. The summed E-state index contributed by atoms with van der Waals surface area (Å²) in [5.41, 5.74) is 0. The molecule has 3 N–H and O–H groups in total. The molecule has 0 spiro atoms. The Morgan fingerprint density at radius 3 is 0.300 bits per heavy atom. The van der Waals surface area contributed by atoms with E-state index in [2.05, 4.69) is 0 Å². The fraction of sp³-hybridized carbons (Fsp3) is 0. The Balaban J connectivity index is 0. The average molecular weight is 233 g/mol. The van der Waals surface area contributed by atoms with Crippen LogP contribution in [0, 0.1) is 0 Å². The number of hydrogen-bond donors (Lipinski definition) is 1. The zero-order valence-corrected chi connectivity index (χ0v) is 27.7. The molecule has 0 unspecified atom stereocenters. The Kier molecular flexibility index (Phi) is 490. The van der Waals surface area contributed by atoms with E-state index in [0.29, 0.717) is 0 Å². The minimum absolute atomic E-state index is 0. The summed E-state index contributed by atoms with van der Waals surface area (Å²) in [6, 6.07) is 0. The van der Waals surface area contributed by atoms with Crippen molar-refractivity contribution in [3.63, 3.8) is 0 Å². The quantitative estimate of drug-likeness (QED) is 0.414. The number of hydrogen-bond acceptors (Lipinski definition) is 1. The van der Waals surface area contributed by atoms with Gasteiger partial charge < -0.3 is 19.0 Å². The largest absolute Gasteiger partial charge is 1.00 e. The van der Waals surface area contributed by atoms with Crippen molar-refractivity contribution in [2.75, 3.05) is 0 Å². The van der Waals surface area contributed by atoms with Crippen LogP contribution in [0.25, 0.3) is 0 Å². The molecule has 0 aromatic heterocycles. The Morgan fingerprint density at radius 2 is 0.300 bits per heavy atom. The Hall–Kier alpha value is 8.96. The number of rotatable bonds is 0. The monoisotopic (exact) mass is 233 g/mol. The van der Waals surface area contributed by atoms with Gasteiger partial charge in [-0.2, -0.15) is 0 Å². The predicted octanol–water partition coefficient (Wildman–Crippen LogP) is -25.8. The first-order chi connectivity index (χ1) is 0. The molecule has 0 saturated carbocycles. The van der Waals surface area contributed by atoms with Crippen LogP contribution in [-0.4, -0.2) is 0 Å². The molecular weight excluding hydrogens is 221 g/mol. The molecule has 0 atom stereocenters. The fourth-order valence-corrected chi connectivity index (χ4v) is 0. The predicted molar refractivity (Wildman–Crippen MR) is 15.0 cm³/mol. The molecule has 0 rings (SSSR count). The second kappa shape index (κ2) is 64.3. The van der Waals surface area contributed by atoms with E-state index in [-0.39, 0.29) is 285 Å². The van der Waals surface area contributed by atoms with Crippen molar-refractivity contribution in [2.24, 2.45) is 0 Å². The smallest absolute Gasteiger partial charge is 1.00 e. The van der Waals surface area contributed by atoms with Gasteiger partial charge in [0.25, 0.3) is 0 Å². The average Bonchev–Trinajstić information content (AvgIpc) is 0. The first-order valence-corrected chi connectivity index (χ1v) is 0. The summed E-state index contributed by atoms with van der Waals surface area (Å²) in [5.74, 6) is 0. The van der Waals surface area contributed by atoms with E-state index >= 15 is 0 Å². The molecule has 1 nitrogen and oxygen atoms in total.